The highest BCUT2D eigenvalue weighted by atomic mass is 32.2. The lowest BCUT2D eigenvalue weighted by atomic mass is 10.1. The molecule has 0 aromatic heterocycles. The van der Waals surface area contributed by atoms with Crippen molar-refractivity contribution in [3.05, 3.63) is 89.0 Å². The van der Waals surface area contributed by atoms with Gasteiger partial charge < -0.3 is 15.3 Å². The summed E-state index contributed by atoms with van der Waals surface area (Å²) in [7, 11) is 0. The number of urea groups is 1. The second-order valence-corrected chi connectivity index (χ2v) is 11.4. The Hall–Kier alpha value is -4.32. The van der Waals surface area contributed by atoms with Crippen LogP contribution < -0.4 is 15.6 Å². The monoisotopic (exact) mass is 626 g/mol. The van der Waals surface area contributed by atoms with Gasteiger partial charge in [-0.3, -0.25) is 4.79 Å². The van der Waals surface area contributed by atoms with Gasteiger partial charge in [0, 0.05) is 28.4 Å². The topological polar surface area (TPSA) is 111 Å². The van der Waals surface area contributed by atoms with E-state index in [1.165, 1.54) is 12.1 Å². The van der Waals surface area contributed by atoms with Gasteiger partial charge in [0.2, 0.25) is 0 Å². The number of benzene rings is 3. The number of rotatable bonds is 13. The molecule has 1 heterocycles. The molecule has 44 heavy (non-hydrogen) atoms. The van der Waals surface area contributed by atoms with E-state index in [4.69, 9.17) is 5.11 Å². The quantitative estimate of drug-likeness (QED) is 0.103. The highest BCUT2D eigenvalue weighted by Gasteiger charge is 2.34. The van der Waals surface area contributed by atoms with Gasteiger partial charge in [-0.15, -0.1) is 11.8 Å². The van der Waals surface area contributed by atoms with E-state index in [2.05, 4.69) is 22.8 Å². The molecule has 0 saturated heterocycles. The van der Waals surface area contributed by atoms with Crippen molar-refractivity contribution in [2.45, 2.75) is 56.5 Å². The molecule has 0 radical (unpaired) electrons. The van der Waals surface area contributed by atoms with Gasteiger partial charge in [0.1, 0.15) is 0 Å². The third-order valence-corrected chi connectivity index (χ3v) is 8.02. The zero-order valence-corrected chi connectivity index (χ0v) is 24.9. The molecule has 1 aliphatic heterocycles. The first-order valence-electron chi connectivity index (χ1n) is 14.3. The molecule has 0 bridgehead atoms. The number of unbranched alkanes of at least 4 members (excludes halogenated alkanes) is 4. The predicted octanol–water partition coefficient (Wildman–Crippen LogP) is 7.58. The first-order valence-corrected chi connectivity index (χ1v) is 15.3. The average Bonchev–Trinajstić information content (AvgIpc) is 3.25. The molecule has 0 aliphatic carbocycles. The van der Waals surface area contributed by atoms with Crippen molar-refractivity contribution in [1.82, 2.24) is 5.43 Å². The van der Waals surface area contributed by atoms with Crippen molar-refractivity contribution in [3.63, 3.8) is 0 Å². The summed E-state index contributed by atoms with van der Waals surface area (Å²) in [5.41, 5.74) is 3.78. The van der Waals surface area contributed by atoms with Gasteiger partial charge in [-0.25, -0.2) is 15.0 Å². The third kappa shape index (κ3) is 8.62. The lowest BCUT2D eigenvalue weighted by molar-refractivity contribution is -0.137. The number of carbonyl (C=O) groups is 3. The molecule has 3 N–H and O–H groups in total. The summed E-state index contributed by atoms with van der Waals surface area (Å²) in [6.07, 6.45) is 1.20. The number of carboxylic acids is 1. The number of aryl methyl sites for hydroxylation is 1. The van der Waals surface area contributed by atoms with Crippen LogP contribution in [0.15, 0.2) is 76.7 Å². The smallest absolute Gasteiger partial charge is 0.416 e. The first kappa shape index (κ1) is 32.6. The summed E-state index contributed by atoms with van der Waals surface area (Å²) in [6, 6.07) is 15.7. The minimum absolute atomic E-state index is 0.0412. The molecule has 0 atom stereocenters. The van der Waals surface area contributed by atoms with Crippen LogP contribution in [-0.4, -0.2) is 41.0 Å². The second-order valence-electron chi connectivity index (χ2n) is 10.3. The number of hydrogen-bond donors (Lipinski definition) is 3. The zero-order chi connectivity index (χ0) is 31.7. The fraction of sp³-hybridized carbons (Fsp3) is 0.312. The van der Waals surface area contributed by atoms with Gasteiger partial charge in [0.05, 0.1) is 16.8 Å². The molecule has 0 fully saturated rings. The Morgan fingerprint density at radius 2 is 1.73 bits per heavy atom. The van der Waals surface area contributed by atoms with Gasteiger partial charge >= 0.3 is 18.2 Å². The lowest BCUT2D eigenvalue weighted by Crippen LogP contribution is -2.33. The summed E-state index contributed by atoms with van der Waals surface area (Å²) >= 11 is 1.56. The Bertz CT molecular complexity index is 1530. The Balaban J connectivity index is 1.48. The molecular weight excluding hydrogens is 593 g/mol. The molecule has 3 amide bonds. The van der Waals surface area contributed by atoms with Gasteiger partial charge in [-0.2, -0.15) is 18.3 Å². The van der Waals surface area contributed by atoms with E-state index in [0.29, 0.717) is 30.0 Å². The Morgan fingerprint density at radius 1 is 0.977 bits per heavy atom. The van der Waals surface area contributed by atoms with Crippen LogP contribution in [0.25, 0.3) is 0 Å². The zero-order valence-electron chi connectivity index (χ0n) is 24.1. The minimum Gasteiger partial charge on any atom is -0.478 e. The van der Waals surface area contributed by atoms with Crippen molar-refractivity contribution < 1.29 is 32.7 Å². The summed E-state index contributed by atoms with van der Waals surface area (Å²) in [6.45, 7) is 2.62. The number of fused-ring (bicyclic) bond motifs is 1. The predicted molar refractivity (Wildman–Crippen MR) is 166 cm³/mol. The lowest BCUT2D eigenvalue weighted by Gasteiger charge is -2.17. The highest BCUT2D eigenvalue weighted by Crippen LogP contribution is 2.34. The van der Waals surface area contributed by atoms with E-state index in [1.807, 2.05) is 18.2 Å². The SMILES string of the molecule is CCCCCCCN1C(=O)C(=NNC(=O)Nc2cccc(C(F)(F)F)c2)c2cc(SCCc3ccc(C(=O)O)cc3)ccc21. The average molecular weight is 627 g/mol. The number of nitrogens with one attached hydrogen (secondary N) is 2. The van der Waals surface area contributed by atoms with Crippen molar-refractivity contribution in [2.24, 2.45) is 5.10 Å². The summed E-state index contributed by atoms with van der Waals surface area (Å²) in [4.78, 5) is 39.6. The molecule has 232 valence electrons. The molecule has 0 unspecified atom stereocenters. The van der Waals surface area contributed by atoms with Crippen molar-refractivity contribution in [1.29, 1.82) is 0 Å². The maximum Gasteiger partial charge on any atom is 0.416 e. The van der Waals surface area contributed by atoms with Crippen LogP contribution >= 0.6 is 11.8 Å². The van der Waals surface area contributed by atoms with Crippen LogP contribution in [0.4, 0.5) is 29.3 Å². The van der Waals surface area contributed by atoms with E-state index in [9.17, 15) is 27.6 Å². The van der Waals surface area contributed by atoms with E-state index in [-0.39, 0.29) is 22.9 Å². The van der Waals surface area contributed by atoms with Crippen LogP contribution in [0.5, 0.6) is 0 Å². The van der Waals surface area contributed by atoms with Gasteiger partial charge in [0.25, 0.3) is 5.91 Å². The number of alkyl halides is 3. The maximum absolute atomic E-state index is 13.4. The second kappa shape index (κ2) is 14.9. The molecule has 3 aromatic carbocycles. The van der Waals surface area contributed by atoms with Crippen LogP contribution in [0, 0.1) is 0 Å². The molecule has 12 heteroatoms. The Kier molecular flexibility index (Phi) is 11.0. The van der Waals surface area contributed by atoms with Crippen LogP contribution in [-0.2, 0) is 17.4 Å². The van der Waals surface area contributed by atoms with Gasteiger partial charge in [-0.05, 0) is 66.9 Å². The molecule has 3 aromatic rings. The van der Waals surface area contributed by atoms with Crippen LogP contribution in [0.3, 0.4) is 0 Å². The molecular formula is C32H33F3N4O4S. The molecule has 0 spiro atoms. The highest BCUT2D eigenvalue weighted by molar-refractivity contribution is 7.99. The van der Waals surface area contributed by atoms with E-state index in [1.54, 1.807) is 40.9 Å². The largest absolute Gasteiger partial charge is 0.478 e. The number of anilines is 2. The molecule has 4 rings (SSSR count). The number of halogens is 3. The normalized spacial score (nSPS) is 13.7. The number of nitrogens with zero attached hydrogens (tertiary/aromatic N) is 2. The summed E-state index contributed by atoms with van der Waals surface area (Å²) in [5, 5.41) is 15.5. The third-order valence-electron chi connectivity index (χ3n) is 7.02. The van der Waals surface area contributed by atoms with E-state index >= 15 is 0 Å². The summed E-state index contributed by atoms with van der Waals surface area (Å²) < 4.78 is 39.2. The minimum atomic E-state index is -4.56. The molecule has 8 nitrogen and oxygen atoms in total. The maximum atomic E-state index is 13.4. The van der Waals surface area contributed by atoms with Crippen molar-refractivity contribution >= 4 is 46.8 Å². The standard InChI is InChI=1S/C32H33F3N4O4S/c1-2-3-4-5-6-17-39-27-15-14-25(44-18-16-21-10-12-22(13-11-21)30(41)42)20-26(27)28(29(39)40)37-38-31(43)36-24-9-7-8-23(19-24)32(33,34)35/h7-15,19-20H,2-6,16-18H2,1H3,(H,41,42)(H2,36,38,43). The number of amides is 3. The Morgan fingerprint density at radius 3 is 2.43 bits per heavy atom. The van der Waals surface area contributed by atoms with E-state index in [0.717, 1.165) is 54.7 Å². The van der Waals surface area contributed by atoms with Gasteiger partial charge in [-0.1, -0.05) is 50.8 Å². The fourth-order valence-corrected chi connectivity index (χ4v) is 5.66. The number of carbonyl (C=O) groups excluding carboxylic acids is 2. The van der Waals surface area contributed by atoms with Crippen LogP contribution in [0.2, 0.25) is 0 Å². The molecule has 1 aliphatic rings. The number of thioether (sulfide) groups is 1. The fourth-order valence-electron chi connectivity index (χ4n) is 4.73. The summed E-state index contributed by atoms with van der Waals surface area (Å²) in [5.74, 6) is -0.644. The Labute approximate surface area is 257 Å². The number of hydrazone groups is 1. The first-order chi connectivity index (χ1) is 21.1. The van der Waals surface area contributed by atoms with Crippen molar-refractivity contribution in [2.75, 3.05) is 22.5 Å². The number of aromatic carboxylic acids is 1. The van der Waals surface area contributed by atoms with Crippen LogP contribution in [0.1, 0.15) is 66.1 Å². The molecule has 0 saturated carbocycles. The number of hydrogen-bond acceptors (Lipinski definition) is 5. The number of carboxylic acid groups (broad SMARTS) is 1. The van der Waals surface area contributed by atoms with Crippen molar-refractivity contribution in [3.8, 4) is 0 Å². The van der Waals surface area contributed by atoms with E-state index < -0.39 is 23.7 Å². The van der Waals surface area contributed by atoms with Gasteiger partial charge in [0.15, 0.2) is 5.71 Å².